The van der Waals surface area contributed by atoms with Crippen LogP contribution in [-0.2, 0) is 11.2 Å². The van der Waals surface area contributed by atoms with Crippen molar-refractivity contribution in [2.45, 2.75) is 32.1 Å². The third-order valence-electron chi connectivity index (χ3n) is 3.40. The number of nitro benzene ring substituents is 1. The van der Waals surface area contributed by atoms with E-state index in [1.54, 1.807) is 0 Å². The van der Waals surface area contributed by atoms with Crippen molar-refractivity contribution in [2.24, 2.45) is 5.92 Å². The first kappa shape index (κ1) is 12.7. The smallest absolute Gasteiger partial charge is 0.299 e. The minimum atomic E-state index is -0.805. The molecule has 0 aliphatic heterocycles. The first-order valence-corrected chi connectivity index (χ1v) is 6.04. The maximum Gasteiger partial charge on any atom is 0.305 e. The quantitative estimate of drug-likeness (QED) is 0.612. The van der Waals surface area contributed by atoms with Crippen LogP contribution in [0.5, 0.6) is 0 Å². The third kappa shape index (κ3) is 2.55. The Morgan fingerprint density at radius 2 is 2.17 bits per heavy atom. The second kappa shape index (κ2) is 5.25. The summed E-state index contributed by atoms with van der Waals surface area (Å²) in [5.41, 5.74) is -0.250. The predicted octanol–water partition coefficient (Wildman–Crippen LogP) is 3.04. The van der Waals surface area contributed by atoms with E-state index in [1.165, 1.54) is 12.1 Å². The van der Waals surface area contributed by atoms with Crippen molar-refractivity contribution in [2.75, 3.05) is 0 Å². The standard InChI is InChI=1S/C13H14FNO3/c14-13-10(5-3-6-11(13)15(17)18)8-9-4-1-2-7-12(9)16/h3,5-6,9H,1-2,4,7-8H2. The highest BCUT2D eigenvalue weighted by atomic mass is 19.1. The normalized spacial score (nSPS) is 19.8. The summed E-state index contributed by atoms with van der Waals surface area (Å²) in [7, 11) is 0. The maximum absolute atomic E-state index is 13.9. The molecule has 2 rings (SSSR count). The van der Waals surface area contributed by atoms with E-state index < -0.39 is 16.4 Å². The fourth-order valence-corrected chi connectivity index (χ4v) is 2.40. The van der Waals surface area contributed by atoms with Gasteiger partial charge in [0.1, 0.15) is 5.78 Å². The van der Waals surface area contributed by atoms with Crippen LogP contribution in [0.1, 0.15) is 31.2 Å². The van der Waals surface area contributed by atoms with Gasteiger partial charge in [-0.15, -0.1) is 0 Å². The first-order chi connectivity index (χ1) is 8.59. The third-order valence-corrected chi connectivity index (χ3v) is 3.40. The van der Waals surface area contributed by atoms with Crippen LogP contribution in [0.15, 0.2) is 18.2 Å². The van der Waals surface area contributed by atoms with Crippen molar-refractivity contribution >= 4 is 11.5 Å². The summed E-state index contributed by atoms with van der Waals surface area (Å²) in [5, 5.41) is 10.6. The van der Waals surface area contributed by atoms with Crippen LogP contribution in [0.4, 0.5) is 10.1 Å². The molecule has 18 heavy (non-hydrogen) atoms. The van der Waals surface area contributed by atoms with Gasteiger partial charge in [-0.1, -0.05) is 18.6 Å². The highest BCUT2D eigenvalue weighted by Crippen LogP contribution is 2.27. The highest BCUT2D eigenvalue weighted by Gasteiger charge is 2.25. The topological polar surface area (TPSA) is 60.2 Å². The van der Waals surface area contributed by atoms with Gasteiger partial charge in [0, 0.05) is 18.4 Å². The summed E-state index contributed by atoms with van der Waals surface area (Å²) in [6.07, 6.45) is 3.42. The van der Waals surface area contributed by atoms with Gasteiger partial charge in [0.15, 0.2) is 0 Å². The van der Waals surface area contributed by atoms with Crippen molar-refractivity contribution in [3.63, 3.8) is 0 Å². The second-order valence-electron chi connectivity index (χ2n) is 4.62. The molecule has 0 saturated heterocycles. The Hall–Kier alpha value is -1.78. The van der Waals surface area contributed by atoms with Crippen LogP contribution >= 0.6 is 0 Å². The van der Waals surface area contributed by atoms with Gasteiger partial charge in [0.05, 0.1) is 4.92 Å². The molecule has 4 nitrogen and oxygen atoms in total. The molecule has 1 aromatic carbocycles. The lowest BCUT2D eigenvalue weighted by Crippen LogP contribution is -2.21. The van der Waals surface area contributed by atoms with E-state index in [0.29, 0.717) is 6.42 Å². The minimum Gasteiger partial charge on any atom is -0.299 e. The Morgan fingerprint density at radius 3 is 2.83 bits per heavy atom. The number of nitrogens with zero attached hydrogens (tertiary/aromatic N) is 1. The van der Waals surface area contributed by atoms with Crippen LogP contribution in [0.25, 0.3) is 0 Å². The second-order valence-corrected chi connectivity index (χ2v) is 4.62. The van der Waals surface area contributed by atoms with Gasteiger partial charge < -0.3 is 0 Å². The van der Waals surface area contributed by atoms with E-state index in [-0.39, 0.29) is 23.7 Å². The number of benzene rings is 1. The lowest BCUT2D eigenvalue weighted by molar-refractivity contribution is -0.387. The summed E-state index contributed by atoms with van der Waals surface area (Å²) in [4.78, 5) is 21.6. The molecule has 0 heterocycles. The summed E-state index contributed by atoms with van der Waals surface area (Å²) < 4.78 is 13.9. The number of nitro groups is 1. The largest absolute Gasteiger partial charge is 0.305 e. The zero-order valence-electron chi connectivity index (χ0n) is 9.89. The monoisotopic (exact) mass is 251 g/mol. The molecule has 0 N–H and O–H groups in total. The zero-order chi connectivity index (χ0) is 13.1. The van der Waals surface area contributed by atoms with E-state index in [1.807, 2.05) is 0 Å². The summed E-state index contributed by atoms with van der Waals surface area (Å²) in [5.74, 6) is -0.844. The zero-order valence-corrected chi connectivity index (χ0v) is 9.89. The number of rotatable bonds is 3. The van der Waals surface area contributed by atoms with Crippen LogP contribution in [0, 0.1) is 21.8 Å². The van der Waals surface area contributed by atoms with Crippen LogP contribution < -0.4 is 0 Å². The van der Waals surface area contributed by atoms with Gasteiger partial charge in [-0.2, -0.15) is 4.39 Å². The molecular formula is C13H14FNO3. The fourth-order valence-electron chi connectivity index (χ4n) is 2.40. The van der Waals surface area contributed by atoms with Gasteiger partial charge in [-0.3, -0.25) is 14.9 Å². The van der Waals surface area contributed by atoms with Crippen LogP contribution in [-0.4, -0.2) is 10.7 Å². The number of Topliss-reactive ketones (excluding diaryl/α,β-unsaturated/α-hetero) is 1. The van der Waals surface area contributed by atoms with Gasteiger partial charge in [0.25, 0.3) is 0 Å². The number of ketones is 1. The molecule has 1 unspecified atom stereocenters. The van der Waals surface area contributed by atoms with Crippen molar-refractivity contribution in [1.29, 1.82) is 0 Å². The predicted molar refractivity (Wildman–Crippen MR) is 63.7 cm³/mol. The molecule has 96 valence electrons. The molecule has 1 saturated carbocycles. The number of halogens is 1. The van der Waals surface area contributed by atoms with Gasteiger partial charge in [-0.25, -0.2) is 0 Å². The average molecular weight is 251 g/mol. The summed E-state index contributed by atoms with van der Waals surface area (Å²) in [6, 6.07) is 4.12. The Bertz CT molecular complexity index is 487. The Labute approximate surface area is 104 Å². The van der Waals surface area contributed by atoms with E-state index >= 15 is 0 Å². The molecule has 1 aliphatic carbocycles. The van der Waals surface area contributed by atoms with E-state index in [9.17, 15) is 19.3 Å². The van der Waals surface area contributed by atoms with Gasteiger partial charge >= 0.3 is 5.69 Å². The molecule has 0 radical (unpaired) electrons. The SMILES string of the molecule is O=C1CCCCC1Cc1cccc([N+](=O)[O-])c1F. The molecule has 0 aromatic heterocycles. The van der Waals surface area contributed by atoms with Crippen LogP contribution in [0.3, 0.4) is 0 Å². The van der Waals surface area contributed by atoms with Crippen molar-refractivity contribution < 1.29 is 14.1 Å². The Morgan fingerprint density at radius 1 is 1.39 bits per heavy atom. The Kier molecular flexibility index (Phi) is 3.69. The number of carbonyl (C=O) groups is 1. The van der Waals surface area contributed by atoms with E-state index in [0.717, 1.165) is 25.3 Å². The van der Waals surface area contributed by atoms with Crippen molar-refractivity contribution in [3.8, 4) is 0 Å². The van der Waals surface area contributed by atoms with Crippen molar-refractivity contribution in [3.05, 3.63) is 39.7 Å². The molecule has 0 bridgehead atoms. The van der Waals surface area contributed by atoms with Gasteiger partial charge in [0.2, 0.25) is 5.82 Å². The maximum atomic E-state index is 13.9. The summed E-state index contributed by atoms with van der Waals surface area (Å²) >= 11 is 0. The number of hydrogen-bond acceptors (Lipinski definition) is 3. The lowest BCUT2D eigenvalue weighted by atomic mass is 9.83. The first-order valence-electron chi connectivity index (χ1n) is 6.04. The fraction of sp³-hybridized carbons (Fsp3) is 0.462. The molecule has 1 aromatic rings. The molecule has 1 aliphatic rings. The molecule has 5 heteroatoms. The van der Waals surface area contributed by atoms with Gasteiger partial charge in [-0.05, 0) is 24.8 Å². The molecular weight excluding hydrogens is 237 g/mol. The lowest BCUT2D eigenvalue weighted by Gasteiger charge is -2.20. The molecule has 0 amide bonds. The summed E-state index contributed by atoms with van der Waals surface area (Å²) in [6.45, 7) is 0. The molecule has 0 spiro atoms. The molecule has 1 atom stereocenters. The highest BCUT2D eigenvalue weighted by molar-refractivity contribution is 5.81. The van der Waals surface area contributed by atoms with Crippen molar-refractivity contribution in [1.82, 2.24) is 0 Å². The minimum absolute atomic E-state index is 0.146. The Balaban J connectivity index is 2.21. The van der Waals surface area contributed by atoms with E-state index in [4.69, 9.17) is 0 Å². The number of hydrogen-bond donors (Lipinski definition) is 0. The number of carbonyl (C=O) groups excluding carboxylic acids is 1. The average Bonchev–Trinajstić information content (AvgIpc) is 2.34. The van der Waals surface area contributed by atoms with Crippen LogP contribution in [0.2, 0.25) is 0 Å². The molecule has 1 fully saturated rings. The van der Waals surface area contributed by atoms with E-state index in [2.05, 4.69) is 0 Å².